The summed E-state index contributed by atoms with van der Waals surface area (Å²) in [5.74, 6) is 0.155. The average Bonchev–Trinajstić information content (AvgIpc) is 2.74. The van der Waals surface area contributed by atoms with Gasteiger partial charge in [-0.1, -0.05) is 18.0 Å². The van der Waals surface area contributed by atoms with Crippen LogP contribution in [-0.4, -0.2) is 57.7 Å². The number of fused-ring (bicyclic) bond motifs is 1. The number of hydrogen-bond donors (Lipinski definition) is 0. The molecule has 1 unspecified atom stereocenters. The number of hydrogen-bond acceptors (Lipinski definition) is 3. The Hall–Kier alpha value is -1.07. The lowest BCUT2D eigenvalue weighted by Gasteiger charge is -2.44. The van der Waals surface area contributed by atoms with Gasteiger partial charge in [0.05, 0.1) is 16.4 Å². The Balaban J connectivity index is 1.64. The van der Waals surface area contributed by atoms with Crippen LogP contribution in [0.2, 0.25) is 5.02 Å². The second kappa shape index (κ2) is 5.97. The SMILES string of the molecule is Cc1nn(CC(=O)N2CCN3CCCCC3C2)c(C)c1Cl. The number of carbonyl (C=O) groups is 1. The molecule has 3 rings (SSSR count). The number of aryl methyl sites for hydroxylation is 1. The highest BCUT2D eigenvalue weighted by Gasteiger charge is 2.31. The standard InChI is InChI=1S/C15H23ClN4O/c1-11-15(16)12(2)20(17-11)10-14(21)19-8-7-18-6-4-3-5-13(18)9-19/h13H,3-10H2,1-2H3. The number of carbonyl (C=O) groups excluding carboxylic acids is 1. The molecule has 1 aromatic rings. The van der Waals surface area contributed by atoms with Crippen molar-refractivity contribution < 1.29 is 4.79 Å². The van der Waals surface area contributed by atoms with E-state index in [1.807, 2.05) is 18.7 Å². The third kappa shape index (κ3) is 2.94. The van der Waals surface area contributed by atoms with E-state index in [1.165, 1.54) is 25.8 Å². The highest BCUT2D eigenvalue weighted by atomic mass is 35.5. The fraction of sp³-hybridized carbons (Fsp3) is 0.733. The number of aromatic nitrogens is 2. The topological polar surface area (TPSA) is 41.4 Å². The molecule has 1 aromatic heterocycles. The van der Waals surface area contributed by atoms with E-state index in [9.17, 15) is 4.79 Å². The van der Waals surface area contributed by atoms with E-state index in [2.05, 4.69) is 10.00 Å². The van der Waals surface area contributed by atoms with Crippen molar-refractivity contribution in [2.24, 2.45) is 0 Å². The first-order chi connectivity index (χ1) is 10.1. The normalized spacial score (nSPS) is 23.2. The van der Waals surface area contributed by atoms with Crippen LogP contribution in [0.5, 0.6) is 0 Å². The van der Waals surface area contributed by atoms with Crippen LogP contribution in [0.15, 0.2) is 0 Å². The van der Waals surface area contributed by atoms with E-state index in [4.69, 9.17) is 11.6 Å². The molecule has 5 nitrogen and oxygen atoms in total. The third-order valence-electron chi connectivity index (χ3n) is 4.77. The largest absolute Gasteiger partial charge is 0.338 e. The molecule has 2 aliphatic rings. The summed E-state index contributed by atoms with van der Waals surface area (Å²) in [6.07, 6.45) is 3.81. The lowest BCUT2D eigenvalue weighted by molar-refractivity contribution is -0.135. The lowest BCUT2D eigenvalue weighted by Crippen LogP contribution is -2.56. The number of amides is 1. The summed E-state index contributed by atoms with van der Waals surface area (Å²) >= 11 is 6.14. The Labute approximate surface area is 130 Å². The molecule has 6 heteroatoms. The van der Waals surface area contributed by atoms with E-state index in [0.29, 0.717) is 17.6 Å². The summed E-state index contributed by atoms with van der Waals surface area (Å²) in [4.78, 5) is 17.1. The molecular weight excluding hydrogens is 288 g/mol. The summed E-state index contributed by atoms with van der Waals surface area (Å²) in [6.45, 7) is 7.99. The van der Waals surface area contributed by atoms with E-state index in [-0.39, 0.29) is 5.91 Å². The minimum atomic E-state index is 0.155. The van der Waals surface area contributed by atoms with Crippen molar-refractivity contribution in [1.29, 1.82) is 0 Å². The maximum Gasteiger partial charge on any atom is 0.244 e. The van der Waals surface area contributed by atoms with Crippen molar-refractivity contribution >= 4 is 17.5 Å². The first kappa shape index (κ1) is 14.9. The predicted molar refractivity (Wildman–Crippen MR) is 82.5 cm³/mol. The minimum absolute atomic E-state index is 0.155. The van der Waals surface area contributed by atoms with Crippen LogP contribution in [0.1, 0.15) is 30.7 Å². The maximum absolute atomic E-state index is 12.5. The molecule has 0 radical (unpaired) electrons. The van der Waals surface area contributed by atoms with Gasteiger partial charge in [0.2, 0.25) is 5.91 Å². The summed E-state index contributed by atoms with van der Waals surface area (Å²) < 4.78 is 1.73. The fourth-order valence-electron chi connectivity index (χ4n) is 3.44. The Morgan fingerprint density at radius 1 is 1.29 bits per heavy atom. The summed E-state index contributed by atoms with van der Waals surface area (Å²) in [6, 6.07) is 0.556. The molecule has 2 fully saturated rings. The van der Waals surface area contributed by atoms with Gasteiger partial charge in [0.15, 0.2) is 0 Å². The van der Waals surface area contributed by atoms with Crippen LogP contribution in [0.25, 0.3) is 0 Å². The van der Waals surface area contributed by atoms with Crippen molar-refractivity contribution in [3.05, 3.63) is 16.4 Å². The molecule has 1 amide bonds. The Bertz CT molecular complexity index is 542. The number of nitrogens with zero attached hydrogens (tertiary/aromatic N) is 4. The van der Waals surface area contributed by atoms with E-state index in [1.54, 1.807) is 4.68 Å². The van der Waals surface area contributed by atoms with Crippen LogP contribution >= 0.6 is 11.6 Å². The highest BCUT2D eigenvalue weighted by molar-refractivity contribution is 6.31. The van der Waals surface area contributed by atoms with Gasteiger partial charge in [-0.3, -0.25) is 14.4 Å². The van der Waals surface area contributed by atoms with Crippen LogP contribution in [0, 0.1) is 13.8 Å². The van der Waals surface area contributed by atoms with Gasteiger partial charge < -0.3 is 4.90 Å². The first-order valence-electron chi connectivity index (χ1n) is 7.77. The second-order valence-electron chi connectivity index (χ2n) is 6.17. The van der Waals surface area contributed by atoms with Crippen molar-refractivity contribution in [3.63, 3.8) is 0 Å². The molecular formula is C15H23ClN4O. The van der Waals surface area contributed by atoms with Crippen LogP contribution < -0.4 is 0 Å². The molecule has 2 saturated heterocycles. The van der Waals surface area contributed by atoms with Gasteiger partial charge in [-0.25, -0.2) is 0 Å². The van der Waals surface area contributed by atoms with E-state index < -0.39 is 0 Å². The first-order valence-corrected chi connectivity index (χ1v) is 8.15. The smallest absolute Gasteiger partial charge is 0.244 e. The van der Waals surface area contributed by atoms with Gasteiger partial charge in [-0.15, -0.1) is 0 Å². The van der Waals surface area contributed by atoms with Gasteiger partial charge in [0.1, 0.15) is 6.54 Å². The molecule has 0 aromatic carbocycles. The third-order valence-corrected chi connectivity index (χ3v) is 5.32. The zero-order chi connectivity index (χ0) is 15.0. The molecule has 1 atom stereocenters. The molecule has 0 aliphatic carbocycles. The number of halogens is 1. The van der Waals surface area contributed by atoms with Crippen molar-refractivity contribution in [2.75, 3.05) is 26.2 Å². The molecule has 0 bridgehead atoms. The van der Waals surface area contributed by atoms with Gasteiger partial charge in [0, 0.05) is 25.7 Å². The Kier molecular flexibility index (Phi) is 4.22. The van der Waals surface area contributed by atoms with Crippen LogP contribution in [-0.2, 0) is 11.3 Å². The van der Waals surface area contributed by atoms with Gasteiger partial charge in [-0.05, 0) is 33.2 Å². The molecule has 2 aliphatic heterocycles. The maximum atomic E-state index is 12.5. The zero-order valence-corrected chi connectivity index (χ0v) is 13.6. The average molecular weight is 311 g/mol. The zero-order valence-electron chi connectivity index (χ0n) is 12.8. The molecule has 0 spiro atoms. The van der Waals surface area contributed by atoms with Crippen LogP contribution in [0.3, 0.4) is 0 Å². The highest BCUT2D eigenvalue weighted by Crippen LogP contribution is 2.22. The lowest BCUT2D eigenvalue weighted by atomic mass is 9.99. The molecule has 21 heavy (non-hydrogen) atoms. The van der Waals surface area contributed by atoms with Gasteiger partial charge in [-0.2, -0.15) is 5.10 Å². The Morgan fingerprint density at radius 3 is 2.81 bits per heavy atom. The second-order valence-corrected chi connectivity index (χ2v) is 6.55. The Morgan fingerprint density at radius 2 is 2.10 bits per heavy atom. The number of piperazine rings is 1. The summed E-state index contributed by atoms with van der Waals surface area (Å²) in [7, 11) is 0. The molecule has 116 valence electrons. The van der Waals surface area contributed by atoms with Gasteiger partial charge >= 0.3 is 0 Å². The fourth-order valence-corrected chi connectivity index (χ4v) is 3.57. The molecule has 0 saturated carbocycles. The quantitative estimate of drug-likeness (QED) is 0.837. The number of rotatable bonds is 2. The number of piperidine rings is 1. The van der Waals surface area contributed by atoms with Gasteiger partial charge in [0.25, 0.3) is 0 Å². The van der Waals surface area contributed by atoms with Crippen molar-refractivity contribution in [2.45, 2.75) is 45.7 Å². The van der Waals surface area contributed by atoms with Crippen LogP contribution in [0.4, 0.5) is 0 Å². The monoisotopic (exact) mass is 310 g/mol. The summed E-state index contributed by atoms with van der Waals surface area (Å²) in [5, 5.41) is 5.02. The van der Waals surface area contributed by atoms with Crippen molar-refractivity contribution in [3.8, 4) is 0 Å². The molecule has 0 N–H and O–H groups in total. The minimum Gasteiger partial charge on any atom is -0.338 e. The molecule has 3 heterocycles. The van der Waals surface area contributed by atoms with E-state index in [0.717, 1.165) is 31.0 Å². The predicted octanol–water partition coefficient (Wildman–Crippen LogP) is 1.85. The van der Waals surface area contributed by atoms with E-state index >= 15 is 0 Å². The summed E-state index contributed by atoms with van der Waals surface area (Å²) in [5.41, 5.74) is 1.66. The van der Waals surface area contributed by atoms with Crippen molar-refractivity contribution in [1.82, 2.24) is 19.6 Å².